The van der Waals surface area contributed by atoms with Crippen LogP contribution in [0.2, 0.25) is 0 Å². The Kier molecular flexibility index (Phi) is 5.83. The lowest BCUT2D eigenvalue weighted by molar-refractivity contribution is 1.02. The first kappa shape index (κ1) is 27.6. The minimum absolute atomic E-state index is 0.679. The molecule has 11 aromatic rings. The molecule has 0 aliphatic heterocycles. The van der Waals surface area contributed by atoms with Gasteiger partial charge in [0.25, 0.3) is 0 Å². The average molecular weight is 654 g/mol. The predicted molar refractivity (Wildman–Crippen MR) is 213 cm³/mol. The third-order valence-electron chi connectivity index (χ3n) is 10.2. The van der Waals surface area contributed by atoms with Gasteiger partial charge in [-0.1, -0.05) is 140 Å². The van der Waals surface area contributed by atoms with E-state index in [-0.39, 0.29) is 0 Å². The molecule has 8 aromatic carbocycles. The van der Waals surface area contributed by atoms with Crippen molar-refractivity contribution in [1.82, 2.24) is 14.5 Å². The van der Waals surface area contributed by atoms with Crippen LogP contribution >= 0.6 is 11.3 Å². The number of thiophene rings is 1. The number of hydrogen-bond acceptors (Lipinski definition) is 3. The SMILES string of the molecule is c1ccc(-c2ccc3c(c2)sc2c(-c4ccc5ccccc5c4)nc(-n4c5ccc6ccccc6c5c5c6ccccc6ccc54)nc23)cc1. The first-order valence-corrected chi connectivity index (χ1v) is 17.7. The van der Waals surface area contributed by atoms with Crippen molar-refractivity contribution >= 4 is 85.8 Å². The van der Waals surface area contributed by atoms with Gasteiger partial charge in [-0.15, -0.1) is 11.3 Å². The summed E-state index contributed by atoms with van der Waals surface area (Å²) in [6.07, 6.45) is 0. The summed E-state index contributed by atoms with van der Waals surface area (Å²) in [5.74, 6) is 0.679. The molecule has 0 N–H and O–H groups in total. The zero-order valence-electron chi connectivity index (χ0n) is 26.8. The van der Waals surface area contributed by atoms with Crippen LogP contribution in [0.5, 0.6) is 0 Å². The Morgan fingerprint density at radius 3 is 1.74 bits per heavy atom. The molecule has 0 radical (unpaired) electrons. The third-order valence-corrected chi connectivity index (χ3v) is 11.3. The van der Waals surface area contributed by atoms with Crippen LogP contribution in [-0.4, -0.2) is 14.5 Å². The van der Waals surface area contributed by atoms with E-state index in [0.717, 1.165) is 37.9 Å². The van der Waals surface area contributed by atoms with Crippen molar-refractivity contribution in [3.05, 3.63) is 164 Å². The average Bonchev–Trinajstić information content (AvgIpc) is 3.73. The molecule has 0 amide bonds. The number of aromatic nitrogens is 3. The standard InChI is InChI=1S/C46H27N3S/c1-2-10-28(11-3-1)33-20-23-37-40(27-33)50-45-43(34-19-18-29-12-4-5-15-32(29)26-34)47-46(48-44(37)45)49-38-24-21-30-13-6-8-16-35(30)41(38)42-36-17-9-7-14-31(36)22-25-39(42)49/h1-27H. The van der Waals surface area contributed by atoms with Crippen molar-refractivity contribution in [2.75, 3.05) is 0 Å². The van der Waals surface area contributed by atoms with Crippen molar-refractivity contribution in [1.29, 1.82) is 0 Å². The molecule has 0 saturated carbocycles. The molecule has 0 saturated heterocycles. The van der Waals surface area contributed by atoms with Gasteiger partial charge in [0, 0.05) is 26.4 Å². The Balaban J connectivity index is 1.27. The summed E-state index contributed by atoms with van der Waals surface area (Å²) in [4.78, 5) is 11.0. The maximum atomic E-state index is 5.52. The summed E-state index contributed by atoms with van der Waals surface area (Å²) >= 11 is 1.78. The minimum Gasteiger partial charge on any atom is -0.278 e. The number of rotatable bonds is 3. The molecule has 0 bridgehead atoms. The Morgan fingerprint density at radius 2 is 1.02 bits per heavy atom. The highest BCUT2D eigenvalue weighted by molar-refractivity contribution is 7.26. The van der Waals surface area contributed by atoms with Crippen LogP contribution in [0.15, 0.2) is 164 Å². The second kappa shape index (κ2) is 10.6. The van der Waals surface area contributed by atoms with Gasteiger partial charge in [-0.3, -0.25) is 4.57 Å². The second-order valence-corrected chi connectivity index (χ2v) is 14.0. The van der Waals surface area contributed by atoms with E-state index in [4.69, 9.17) is 9.97 Å². The zero-order valence-corrected chi connectivity index (χ0v) is 27.7. The molecule has 4 heteroatoms. The Morgan fingerprint density at radius 1 is 0.420 bits per heavy atom. The number of hydrogen-bond donors (Lipinski definition) is 0. The van der Waals surface area contributed by atoms with E-state index in [9.17, 15) is 0 Å². The predicted octanol–water partition coefficient (Wildman–Crippen LogP) is 12.7. The van der Waals surface area contributed by atoms with Gasteiger partial charge in [-0.2, -0.15) is 0 Å². The summed E-state index contributed by atoms with van der Waals surface area (Å²) in [6, 6.07) is 58.9. The van der Waals surface area contributed by atoms with Gasteiger partial charge in [-0.05, 0) is 67.7 Å². The van der Waals surface area contributed by atoms with E-state index in [1.807, 2.05) is 0 Å². The van der Waals surface area contributed by atoms with Crippen LogP contribution in [0, 0.1) is 0 Å². The number of fused-ring (bicyclic) bond motifs is 11. The van der Waals surface area contributed by atoms with Gasteiger partial charge < -0.3 is 0 Å². The highest BCUT2D eigenvalue weighted by atomic mass is 32.1. The first-order valence-electron chi connectivity index (χ1n) is 16.9. The maximum absolute atomic E-state index is 5.52. The second-order valence-electron chi connectivity index (χ2n) is 13.0. The number of nitrogens with zero attached hydrogens (tertiary/aromatic N) is 3. The highest BCUT2D eigenvalue weighted by Gasteiger charge is 2.22. The first-order chi connectivity index (χ1) is 24.8. The Labute approximate surface area is 291 Å². The molecule has 3 aromatic heterocycles. The Hall–Kier alpha value is -6.36. The monoisotopic (exact) mass is 653 g/mol. The van der Waals surface area contributed by atoms with E-state index in [1.54, 1.807) is 11.3 Å². The molecule has 0 aliphatic carbocycles. The normalized spacial score (nSPS) is 12.0. The zero-order chi connectivity index (χ0) is 32.8. The summed E-state index contributed by atoms with van der Waals surface area (Å²) < 4.78 is 4.59. The fourth-order valence-corrected chi connectivity index (χ4v) is 9.03. The molecule has 0 spiro atoms. The summed E-state index contributed by atoms with van der Waals surface area (Å²) in [7, 11) is 0. The molecule has 11 rings (SSSR count). The lowest BCUT2D eigenvalue weighted by Crippen LogP contribution is -2.02. The molecular formula is C46H27N3S. The molecule has 0 unspecified atom stereocenters. The highest BCUT2D eigenvalue weighted by Crippen LogP contribution is 2.43. The molecule has 50 heavy (non-hydrogen) atoms. The van der Waals surface area contributed by atoms with Crippen LogP contribution in [0.4, 0.5) is 0 Å². The third kappa shape index (κ3) is 4.03. The van der Waals surface area contributed by atoms with E-state index < -0.39 is 0 Å². The van der Waals surface area contributed by atoms with Gasteiger partial charge in [0.15, 0.2) is 0 Å². The van der Waals surface area contributed by atoms with E-state index in [2.05, 4.69) is 168 Å². The largest absolute Gasteiger partial charge is 0.278 e. The minimum atomic E-state index is 0.679. The molecule has 3 nitrogen and oxygen atoms in total. The van der Waals surface area contributed by atoms with Gasteiger partial charge in [0.1, 0.15) is 0 Å². The van der Waals surface area contributed by atoms with Gasteiger partial charge in [0.05, 0.1) is 26.9 Å². The molecule has 232 valence electrons. The van der Waals surface area contributed by atoms with Crippen molar-refractivity contribution in [2.24, 2.45) is 0 Å². The Bertz CT molecular complexity index is 3060. The topological polar surface area (TPSA) is 30.7 Å². The van der Waals surface area contributed by atoms with E-state index in [1.165, 1.54) is 58.9 Å². The maximum Gasteiger partial charge on any atom is 0.235 e. The fraction of sp³-hybridized carbons (Fsp3) is 0. The molecule has 0 fully saturated rings. The van der Waals surface area contributed by atoms with Gasteiger partial charge >= 0.3 is 0 Å². The van der Waals surface area contributed by atoms with Crippen LogP contribution in [0.3, 0.4) is 0 Å². The summed E-state index contributed by atoms with van der Waals surface area (Å²) in [5, 5.41) is 10.9. The van der Waals surface area contributed by atoms with Crippen LogP contribution in [-0.2, 0) is 0 Å². The van der Waals surface area contributed by atoms with Crippen molar-refractivity contribution in [3.8, 4) is 28.3 Å². The van der Waals surface area contributed by atoms with Crippen molar-refractivity contribution < 1.29 is 0 Å². The van der Waals surface area contributed by atoms with Crippen LogP contribution < -0.4 is 0 Å². The lowest BCUT2D eigenvalue weighted by Gasteiger charge is -2.11. The summed E-state index contributed by atoms with van der Waals surface area (Å²) in [5.41, 5.74) is 7.63. The van der Waals surface area contributed by atoms with Crippen molar-refractivity contribution in [2.45, 2.75) is 0 Å². The van der Waals surface area contributed by atoms with Gasteiger partial charge in [-0.25, -0.2) is 9.97 Å². The van der Waals surface area contributed by atoms with E-state index >= 15 is 0 Å². The smallest absolute Gasteiger partial charge is 0.235 e. The fourth-order valence-electron chi connectivity index (χ4n) is 7.84. The molecule has 0 aliphatic rings. The molecule has 3 heterocycles. The molecular weight excluding hydrogens is 627 g/mol. The van der Waals surface area contributed by atoms with Crippen LogP contribution in [0.25, 0.3) is 103 Å². The van der Waals surface area contributed by atoms with Gasteiger partial charge in [0.2, 0.25) is 5.95 Å². The van der Waals surface area contributed by atoms with E-state index in [0.29, 0.717) is 5.95 Å². The lowest BCUT2D eigenvalue weighted by atomic mass is 10.00. The van der Waals surface area contributed by atoms with Crippen molar-refractivity contribution in [3.63, 3.8) is 0 Å². The van der Waals surface area contributed by atoms with Crippen LogP contribution in [0.1, 0.15) is 0 Å². The quantitative estimate of drug-likeness (QED) is 0.190. The molecule has 0 atom stereocenters. The number of benzene rings is 8. The summed E-state index contributed by atoms with van der Waals surface area (Å²) in [6.45, 7) is 0.